The Kier molecular flexibility index (Phi) is 3.91. The molecular weight excluding hydrogens is 290 g/mol. The van der Waals surface area contributed by atoms with Gasteiger partial charge in [-0.3, -0.25) is 4.79 Å². The lowest BCUT2D eigenvalue weighted by Gasteiger charge is -2.26. The average molecular weight is 308 g/mol. The summed E-state index contributed by atoms with van der Waals surface area (Å²) in [4.78, 5) is 12.7. The highest BCUT2D eigenvalue weighted by atomic mass is 35.5. The highest BCUT2D eigenvalue weighted by molar-refractivity contribution is 6.31. The van der Waals surface area contributed by atoms with Crippen LogP contribution in [0, 0.1) is 6.92 Å². The summed E-state index contributed by atoms with van der Waals surface area (Å²) < 4.78 is 11.3. The summed E-state index contributed by atoms with van der Waals surface area (Å²) in [5, 5.41) is 0.579. The molecule has 0 saturated carbocycles. The van der Waals surface area contributed by atoms with E-state index in [9.17, 15) is 4.79 Å². The van der Waals surface area contributed by atoms with Crippen LogP contribution in [0.3, 0.4) is 0 Å². The first kappa shape index (κ1) is 14.4. The zero-order valence-electron chi connectivity index (χ0n) is 11.9. The Hall–Kier alpha value is -1.52. The van der Waals surface area contributed by atoms with E-state index in [1.54, 1.807) is 6.07 Å². The third-order valence-corrected chi connectivity index (χ3v) is 4.11. The molecule has 112 valence electrons. The molecule has 4 nitrogen and oxygen atoms in total. The molecule has 2 N–H and O–H groups in total. The van der Waals surface area contributed by atoms with Crippen LogP contribution in [0.2, 0.25) is 5.02 Å². The fourth-order valence-electron chi connectivity index (χ4n) is 2.93. The van der Waals surface area contributed by atoms with Gasteiger partial charge in [-0.25, -0.2) is 0 Å². The molecule has 1 fully saturated rings. The van der Waals surface area contributed by atoms with Crippen LogP contribution >= 0.6 is 11.6 Å². The Morgan fingerprint density at radius 3 is 2.76 bits per heavy atom. The van der Waals surface area contributed by atoms with E-state index in [-0.39, 0.29) is 17.8 Å². The van der Waals surface area contributed by atoms with E-state index in [0.29, 0.717) is 22.8 Å². The molecule has 21 heavy (non-hydrogen) atoms. The molecule has 0 radical (unpaired) electrons. The van der Waals surface area contributed by atoms with E-state index in [1.165, 1.54) is 0 Å². The maximum atomic E-state index is 12.7. The molecular formula is C16H18ClNO3. The van der Waals surface area contributed by atoms with Gasteiger partial charge in [-0.1, -0.05) is 17.7 Å². The third kappa shape index (κ3) is 2.78. The Morgan fingerprint density at radius 2 is 2.10 bits per heavy atom. The molecule has 5 heteroatoms. The number of ketones is 1. The van der Waals surface area contributed by atoms with Crippen molar-refractivity contribution in [1.29, 1.82) is 0 Å². The van der Waals surface area contributed by atoms with Gasteiger partial charge >= 0.3 is 0 Å². The number of ether oxygens (including phenoxy) is 2. The summed E-state index contributed by atoms with van der Waals surface area (Å²) in [6.45, 7) is 2.59. The summed E-state index contributed by atoms with van der Waals surface area (Å²) in [5.74, 6) is 0.0573. The molecule has 2 heterocycles. The molecule has 1 aromatic carbocycles. The minimum absolute atomic E-state index is 0.110. The number of hydrogen-bond acceptors (Lipinski definition) is 4. The second-order valence-corrected chi connectivity index (χ2v) is 6.00. The van der Waals surface area contributed by atoms with Crippen molar-refractivity contribution in [3.63, 3.8) is 0 Å². The molecule has 0 aromatic heterocycles. The number of Topliss-reactive ketones (excluding diaryl/α,β-unsaturated/α-hetero) is 1. The predicted octanol–water partition coefficient (Wildman–Crippen LogP) is 2.81. The summed E-state index contributed by atoms with van der Waals surface area (Å²) in [6.07, 6.45) is 2.07. The van der Waals surface area contributed by atoms with Crippen LogP contribution in [-0.2, 0) is 14.3 Å². The van der Waals surface area contributed by atoms with Crippen LogP contribution in [0.15, 0.2) is 24.1 Å². The van der Waals surface area contributed by atoms with Crippen molar-refractivity contribution in [1.82, 2.24) is 0 Å². The maximum Gasteiger partial charge on any atom is 0.212 e. The standard InChI is InChI=1S/C16H18ClNO3/c1-9-6-10(8-11(17)7-9)13-14(19)15(21-16(13)18)12-4-2-3-5-20-12/h6-8,12,15H,2-5,18H2,1H3. The molecule has 2 atom stereocenters. The first-order valence-corrected chi connectivity index (χ1v) is 7.54. The Bertz CT molecular complexity index is 585. The largest absolute Gasteiger partial charge is 0.464 e. The minimum atomic E-state index is -0.625. The van der Waals surface area contributed by atoms with Crippen molar-refractivity contribution in [2.45, 2.75) is 38.4 Å². The van der Waals surface area contributed by atoms with E-state index in [4.69, 9.17) is 26.8 Å². The zero-order valence-corrected chi connectivity index (χ0v) is 12.7. The molecule has 0 bridgehead atoms. The van der Waals surface area contributed by atoms with Crippen LogP contribution < -0.4 is 5.73 Å². The molecule has 0 spiro atoms. The van der Waals surface area contributed by atoms with Gasteiger partial charge < -0.3 is 15.2 Å². The van der Waals surface area contributed by atoms with E-state index in [0.717, 1.165) is 24.8 Å². The van der Waals surface area contributed by atoms with Crippen molar-refractivity contribution < 1.29 is 14.3 Å². The highest BCUT2D eigenvalue weighted by Crippen LogP contribution is 2.33. The van der Waals surface area contributed by atoms with Gasteiger partial charge in [0.25, 0.3) is 0 Å². The molecule has 2 aliphatic heterocycles. The van der Waals surface area contributed by atoms with Crippen LogP contribution in [0.5, 0.6) is 0 Å². The van der Waals surface area contributed by atoms with Crippen molar-refractivity contribution in [2.24, 2.45) is 5.73 Å². The van der Waals surface area contributed by atoms with E-state index < -0.39 is 6.10 Å². The van der Waals surface area contributed by atoms with Crippen LogP contribution in [-0.4, -0.2) is 24.6 Å². The van der Waals surface area contributed by atoms with Gasteiger partial charge in [0, 0.05) is 11.6 Å². The first-order valence-electron chi connectivity index (χ1n) is 7.16. The Balaban J connectivity index is 1.88. The van der Waals surface area contributed by atoms with E-state index in [2.05, 4.69) is 0 Å². The summed E-state index contributed by atoms with van der Waals surface area (Å²) >= 11 is 6.07. The van der Waals surface area contributed by atoms with Gasteiger partial charge in [-0.2, -0.15) is 0 Å². The van der Waals surface area contributed by atoms with E-state index in [1.807, 2.05) is 19.1 Å². The molecule has 0 amide bonds. The number of nitrogens with two attached hydrogens (primary N) is 1. The lowest BCUT2D eigenvalue weighted by Crippen LogP contribution is -2.37. The topological polar surface area (TPSA) is 61.6 Å². The lowest BCUT2D eigenvalue weighted by molar-refractivity contribution is -0.131. The third-order valence-electron chi connectivity index (χ3n) is 3.89. The summed E-state index contributed by atoms with van der Waals surface area (Å²) in [6, 6.07) is 5.46. The molecule has 1 saturated heterocycles. The number of carbonyl (C=O) groups excluding carboxylic acids is 1. The molecule has 2 aliphatic rings. The van der Waals surface area contributed by atoms with Crippen molar-refractivity contribution in [3.05, 3.63) is 40.2 Å². The van der Waals surface area contributed by atoms with Crippen molar-refractivity contribution >= 4 is 23.0 Å². The summed E-state index contributed by atoms with van der Waals surface area (Å²) in [5.41, 5.74) is 8.04. The normalized spacial score (nSPS) is 26.1. The van der Waals surface area contributed by atoms with Crippen LogP contribution in [0.1, 0.15) is 30.4 Å². The second kappa shape index (κ2) is 5.70. The number of hydrogen-bond donors (Lipinski definition) is 1. The molecule has 1 aromatic rings. The highest BCUT2D eigenvalue weighted by Gasteiger charge is 2.41. The smallest absolute Gasteiger partial charge is 0.212 e. The van der Waals surface area contributed by atoms with Crippen LogP contribution in [0.4, 0.5) is 0 Å². The SMILES string of the molecule is Cc1cc(Cl)cc(C2=C(N)OC(C3CCCCO3)C2=O)c1. The van der Waals surface area contributed by atoms with Crippen molar-refractivity contribution in [2.75, 3.05) is 6.61 Å². The minimum Gasteiger partial charge on any atom is -0.464 e. The monoisotopic (exact) mass is 307 g/mol. The molecule has 3 rings (SSSR count). The van der Waals surface area contributed by atoms with Crippen molar-refractivity contribution in [3.8, 4) is 0 Å². The number of aryl methyl sites for hydroxylation is 1. The van der Waals surface area contributed by atoms with Gasteiger partial charge in [0.15, 0.2) is 12.0 Å². The second-order valence-electron chi connectivity index (χ2n) is 5.56. The lowest BCUT2D eigenvalue weighted by atomic mass is 9.94. The quantitative estimate of drug-likeness (QED) is 0.912. The van der Waals surface area contributed by atoms with Gasteiger partial charge in [-0.05, 0) is 49.4 Å². The van der Waals surface area contributed by atoms with Crippen LogP contribution in [0.25, 0.3) is 5.57 Å². The Labute approximate surface area is 128 Å². The number of halogens is 1. The van der Waals surface area contributed by atoms with Gasteiger partial charge in [0.1, 0.15) is 6.10 Å². The zero-order chi connectivity index (χ0) is 15.0. The van der Waals surface area contributed by atoms with Gasteiger partial charge in [0.05, 0.1) is 5.57 Å². The van der Waals surface area contributed by atoms with Gasteiger partial charge in [0.2, 0.25) is 5.78 Å². The van der Waals surface area contributed by atoms with E-state index >= 15 is 0 Å². The number of carbonyl (C=O) groups is 1. The van der Waals surface area contributed by atoms with Gasteiger partial charge in [-0.15, -0.1) is 0 Å². The fraction of sp³-hybridized carbons (Fsp3) is 0.438. The number of rotatable bonds is 2. The maximum absolute atomic E-state index is 12.7. The average Bonchev–Trinajstić information content (AvgIpc) is 2.74. The predicted molar refractivity (Wildman–Crippen MR) is 80.8 cm³/mol. The number of benzene rings is 1. The molecule has 2 unspecified atom stereocenters. The Morgan fingerprint density at radius 1 is 1.29 bits per heavy atom. The molecule has 0 aliphatic carbocycles. The summed E-state index contributed by atoms with van der Waals surface area (Å²) in [7, 11) is 0. The first-order chi connectivity index (χ1) is 10.1. The fourth-order valence-corrected chi connectivity index (χ4v) is 3.22.